The van der Waals surface area contributed by atoms with Gasteiger partial charge in [-0.15, -0.1) is 11.3 Å². The molecule has 0 unspecified atom stereocenters. The van der Waals surface area contributed by atoms with Crippen LogP contribution >= 0.6 is 23.1 Å². The lowest BCUT2D eigenvalue weighted by Crippen LogP contribution is -2.41. The SMILES string of the molecule is CCn1c(SCC(=O)NC(C)(C)C)nc2sc3c(c2c1=O)CC[C@@H](C)C3. The Balaban J connectivity index is 1.94. The fourth-order valence-electron chi connectivity index (χ4n) is 3.38. The van der Waals surface area contributed by atoms with E-state index in [4.69, 9.17) is 4.98 Å². The quantitative estimate of drug-likeness (QED) is 0.637. The van der Waals surface area contributed by atoms with Gasteiger partial charge in [0.05, 0.1) is 11.1 Å². The molecule has 0 saturated carbocycles. The van der Waals surface area contributed by atoms with E-state index in [2.05, 4.69) is 12.2 Å². The van der Waals surface area contributed by atoms with Crippen molar-refractivity contribution < 1.29 is 4.79 Å². The Bertz CT molecular complexity index is 893. The molecular weight excluding hydrogens is 366 g/mol. The van der Waals surface area contributed by atoms with Gasteiger partial charge in [-0.05, 0) is 58.4 Å². The number of hydrogen-bond acceptors (Lipinski definition) is 5. The van der Waals surface area contributed by atoms with E-state index in [-0.39, 0.29) is 22.8 Å². The van der Waals surface area contributed by atoms with Crippen LogP contribution < -0.4 is 10.9 Å². The highest BCUT2D eigenvalue weighted by atomic mass is 32.2. The van der Waals surface area contributed by atoms with Gasteiger partial charge in [-0.25, -0.2) is 4.98 Å². The van der Waals surface area contributed by atoms with Crippen molar-refractivity contribution in [2.45, 2.75) is 71.1 Å². The molecule has 0 spiro atoms. The smallest absolute Gasteiger partial charge is 0.263 e. The van der Waals surface area contributed by atoms with E-state index in [1.165, 1.54) is 22.2 Å². The van der Waals surface area contributed by atoms with Gasteiger partial charge < -0.3 is 5.32 Å². The Morgan fingerprint density at radius 2 is 2.15 bits per heavy atom. The van der Waals surface area contributed by atoms with Crippen LogP contribution in [0.4, 0.5) is 0 Å². The molecule has 0 saturated heterocycles. The van der Waals surface area contributed by atoms with Gasteiger partial charge in [0.2, 0.25) is 5.91 Å². The second kappa shape index (κ2) is 7.35. The number of thiophene rings is 1. The summed E-state index contributed by atoms with van der Waals surface area (Å²) in [7, 11) is 0. The summed E-state index contributed by atoms with van der Waals surface area (Å²) >= 11 is 3.00. The molecule has 1 N–H and O–H groups in total. The summed E-state index contributed by atoms with van der Waals surface area (Å²) in [4.78, 5) is 32.1. The van der Waals surface area contributed by atoms with Crippen LogP contribution in [0.2, 0.25) is 0 Å². The molecule has 2 aromatic heterocycles. The third-order valence-electron chi connectivity index (χ3n) is 4.54. The summed E-state index contributed by atoms with van der Waals surface area (Å²) in [6.45, 7) is 10.7. The Hall–Kier alpha value is -1.34. The zero-order valence-electron chi connectivity index (χ0n) is 16.1. The van der Waals surface area contributed by atoms with Crippen LogP contribution in [-0.2, 0) is 24.2 Å². The Morgan fingerprint density at radius 1 is 1.42 bits per heavy atom. The predicted molar refractivity (Wildman–Crippen MR) is 109 cm³/mol. The zero-order valence-corrected chi connectivity index (χ0v) is 17.8. The molecule has 1 aliphatic carbocycles. The minimum absolute atomic E-state index is 0.0428. The van der Waals surface area contributed by atoms with E-state index in [9.17, 15) is 9.59 Å². The number of amides is 1. The van der Waals surface area contributed by atoms with Crippen molar-refractivity contribution in [1.29, 1.82) is 0 Å². The summed E-state index contributed by atoms with van der Waals surface area (Å²) in [5, 5.41) is 4.40. The standard InChI is InChI=1S/C19H27N3O2S2/c1-6-22-17(24)15-12-8-7-11(2)9-13(12)26-16(15)20-18(22)25-10-14(23)21-19(3,4)5/h11H,6-10H2,1-5H3,(H,21,23)/t11-/m1/s1. The average Bonchev–Trinajstić information content (AvgIpc) is 2.88. The summed E-state index contributed by atoms with van der Waals surface area (Å²) in [5.41, 5.74) is 0.997. The van der Waals surface area contributed by atoms with Gasteiger partial charge in [0.1, 0.15) is 4.83 Å². The third kappa shape index (κ3) is 3.98. The van der Waals surface area contributed by atoms with Gasteiger partial charge in [0.15, 0.2) is 5.16 Å². The van der Waals surface area contributed by atoms with Gasteiger partial charge in [0.25, 0.3) is 5.56 Å². The molecule has 2 aromatic rings. The molecule has 0 aliphatic heterocycles. The topological polar surface area (TPSA) is 64.0 Å². The van der Waals surface area contributed by atoms with Crippen molar-refractivity contribution in [3.63, 3.8) is 0 Å². The molecule has 0 bridgehead atoms. The van der Waals surface area contributed by atoms with Gasteiger partial charge in [-0.1, -0.05) is 18.7 Å². The van der Waals surface area contributed by atoms with Crippen LogP contribution in [0.1, 0.15) is 51.5 Å². The number of hydrogen-bond donors (Lipinski definition) is 1. The van der Waals surface area contributed by atoms with E-state index in [1.807, 2.05) is 27.7 Å². The number of carbonyl (C=O) groups excluding carboxylic acids is 1. The molecular formula is C19H27N3O2S2. The van der Waals surface area contributed by atoms with Gasteiger partial charge in [0, 0.05) is 17.0 Å². The van der Waals surface area contributed by atoms with Crippen molar-refractivity contribution in [2.24, 2.45) is 5.92 Å². The summed E-state index contributed by atoms with van der Waals surface area (Å²) in [6.07, 6.45) is 3.14. The highest BCUT2D eigenvalue weighted by Crippen LogP contribution is 2.36. The molecule has 3 rings (SSSR count). The maximum absolute atomic E-state index is 13.1. The molecule has 1 amide bonds. The number of thioether (sulfide) groups is 1. The second-order valence-corrected chi connectivity index (χ2v) is 10.1. The molecule has 1 aliphatic rings. The van der Waals surface area contributed by atoms with Crippen LogP contribution in [0.25, 0.3) is 10.2 Å². The number of carbonyl (C=O) groups is 1. The zero-order chi connectivity index (χ0) is 19.1. The molecule has 7 heteroatoms. The monoisotopic (exact) mass is 393 g/mol. The van der Waals surface area contributed by atoms with Crippen LogP contribution in [0.15, 0.2) is 9.95 Å². The normalized spacial score (nSPS) is 17.3. The third-order valence-corrected chi connectivity index (χ3v) is 6.67. The summed E-state index contributed by atoms with van der Waals surface area (Å²) in [6, 6.07) is 0. The number of aromatic nitrogens is 2. The van der Waals surface area contributed by atoms with E-state index in [1.54, 1.807) is 15.9 Å². The van der Waals surface area contributed by atoms with Crippen LogP contribution in [0.5, 0.6) is 0 Å². The lowest BCUT2D eigenvalue weighted by atomic mass is 9.89. The predicted octanol–water partition coefficient (Wildman–Crippen LogP) is 3.61. The maximum atomic E-state index is 13.1. The molecule has 0 radical (unpaired) electrons. The van der Waals surface area contributed by atoms with Crippen molar-refractivity contribution >= 4 is 39.2 Å². The number of nitrogens with zero attached hydrogens (tertiary/aromatic N) is 2. The van der Waals surface area contributed by atoms with E-state index < -0.39 is 0 Å². The number of nitrogens with one attached hydrogen (secondary N) is 1. The van der Waals surface area contributed by atoms with Crippen molar-refractivity contribution in [1.82, 2.24) is 14.9 Å². The number of aryl methyl sites for hydroxylation is 1. The first-order chi connectivity index (χ1) is 12.2. The van der Waals surface area contributed by atoms with Crippen molar-refractivity contribution in [2.75, 3.05) is 5.75 Å². The van der Waals surface area contributed by atoms with E-state index in [0.29, 0.717) is 17.6 Å². The first-order valence-corrected chi connectivity index (χ1v) is 11.0. The van der Waals surface area contributed by atoms with E-state index >= 15 is 0 Å². The lowest BCUT2D eigenvalue weighted by Gasteiger charge is -2.20. The molecule has 26 heavy (non-hydrogen) atoms. The van der Waals surface area contributed by atoms with E-state index in [0.717, 1.165) is 29.5 Å². The Kier molecular flexibility index (Phi) is 5.49. The number of rotatable bonds is 4. The Labute approximate surface area is 162 Å². The second-order valence-electron chi connectivity index (χ2n) is 8.06. The molecule has 0 fully saturated rings. The molecule has 5 nitrogen and oxygen atoms in total. The highest BCUT2D eigenvalue weighted by molar-refractivity contribution is 7.99. The molecule has 142 valence electrons. The van der Waals surface area contributed by atoms with Crippen LogP contribution in [-0.4, -0.2) is 26.8 Å². The largest absolute Gasteiger partial charge is 0.351 e. The summed E-state index contributed by atoms with van der Waals surface area (Å²) < 4.78 is 1.71. The van der Waals surface area contributed by atoms with Gasteiger partial charge in [-0.2, -0.15) is 0 Å². The summed E-state index contributed by atoms with van der Waals surface area (Å²) in [5.74, 6) is 0.884. The van der Waals surface area contributed by atoms with Gasteiger partial charge in [-0.3, -0.25) is 14.2 Å². The minimum atomic E-state index is -0.261. The average molecular weight is 394 g/mol. The highest BCUT2D eigenvalue weighted by Gasteiger charge is 2.24. The fraction of sp³-hybridized carbons (Fsp3) is 0.632. The van der Waals surface area contributed by atoms with Crippen LogP contribution in [0, 0.1) is 5.92 Å². The van der Waals surface area contributed by atoms with Crippen molar-refractivity contribution in [3.8, 4) is 0 Å². The fourth-order valence-corrected chi connectivity index (χ4v) is 5.67. The van der Waals surface area contributed by atoms with Crippen molar-refractivity contribution in [3.05, 3.63) is 20.8 Å². The molecule has 1 atom stereocenters. The lowest BCUT2D eigenvalue weighted by molar-refractivity contribution is -0.119. The first kappa shape index (κ1) is 19.4. The first-order valence-electron chi connectivity index (χ1n) is 9.18. The maximum Gasteiger partial charge on any atom is 0.263 e. The van der Waals surface area contributed by atoms with Crippen LogP contribution in [0.3, 0.4) is 0 Å². The van der Waals surface area contributed by atoms with Gasteiger partial charge >= 0.3 is 0 Å². The molecule has 0 aromatic carbocycles. The Morgan fingerprint density at radius 3 is 2.81 bits per heavy atom. The number of fused-ring (bicyclic) bond motifs is 3. The molecule has 2 heterocycles. The minimum Gasteiger partial charge on any atom is -0.351 e.